The van der Waals surface area contributed by atoms with Crippen molar-refractivity contribution in [2.24, 2.45) is 14.1 Å². The zero-order chi connectivity index (χ0) is 24.4. The van der Waals surface area contributed by atoms with Crippen molar-refractivity contribution in [3.05, 3.63) is 54.2 Å². The van der Waals surface area contributed by atoms with Gasteiger partial charge in [0, 0.05) is 32.4 Å². The molecule has 1 aliphatic rings. The second kappa shape index (κ2) is 9.71. The second-order valence-electron chi connectivity index (χ2n) is 7.92. The number of nitrogens with zero attached hydrogens (tertiary/aromatic N) is 5. The number of thioether (sulfide) groups is 1. The first-order valence-corrected chi connectivity index (χ1v) is 11.9. The number of amides is 1. The topological polar surface area (TPSA) is 105 Å². The molecule has 2 aromatic carbocycles. The third-order valence-corrected chi connectivity index (χ3v) is 6.53. The van der Waals surface area contributed by atoms with E-state index in [9.17, 15) is 4.79 Å². The summed E-state index contributed by atoms with van der Waals surface area (Å²) in [5.41, 5.74) is 3.48. The minimum absolute atomic E-state index is 0.101. The van der Waals surface area contributed by atoms with Crippen LogP contribution < -0.4 is 19.5 Å². The number of carbonyl (C=O) groups is 1. The highest BCUT2D eigenvalue weighted by Crippen LogP contribution is 2.33. The van der Waals surface area contributed by atoms with Crippen molar-refractivity contribution < 1.29 is 19.0 Å². The first-order valence-electron chi connectivity index (χ1n) is 10.9. The van der Waals surface area contributed by atoms with E-state index < -0.39 is 0 Å². The zero-order valence-corrected chi connectivity index (χ0v) is 20.3. The van der Waals surface area contributed by atoms with E-state index in [0.29, 0.717) is 23.3 Å². The molecular formula is C24H24N6O4S. The Morgan fingerprint density at radius 3 is 2.86 bits per heavy atom. The molecule has 0 radical (unpaired) electrons. The Labute approximate surface area is 206 Å². The fraction of sp³-hybridized carbons (Fsp3) is 0.250. The summed E-state index contributed by atoms with van der Waals surface area (Å²) in [6.45, 7) is 0.626. The van der Waals surface area contributed by atoms with Crippen LogP contribution in [-0.4, -0.2) is 50.1 Å². The quantitative estimate of drug-likeness (QED) is 0.374. The maximum absolute atomic E-state index is 12.4. The molecule has 1 N–H and O–H groups in total. The van der Waals surface area contributed by atoms with Crippen LogP contribution in [0.2, 0.25) is 0 Å². The average Bonchev–Trinajstić information content (AvgIpc) is 3.59. The first-order chi connectivity index (χ1) is 17.0. The maximum atomic E-state index is 12.4. The molecule has 1 amide bonds. The molecule has 4 aromatic rings. The van der Waals surface area contributed by atoms with Crippen molar-refractivity contribution in [3.63, 3.8) is 0 Å². The van der Waals surface area contributed by atoms with Gasteiger partial charge in [0.1, 0.15) is 11.4 Å². The van der Waals surface area contributed by atoms with E-state index in [2.05, 4.69) is 20.6 Å². The Kier molecular flexibility index (Phi) is 6.32. The number of nitrogens with one attached hydrogen (secondary N) is 1. The van der Waals surface area contributed by atoms with Crippen LogP contribution in [0.1, 0.15) is 5.56 Å². The van der Waals surface area contributed by atoms with Gasteiger partial charge in [-0.15, -0.1) is 10.2 Å². The van der Waals surface area contributed by atoms with Gasteiger partial charge >= 0.3 is 0 Å². The molecule has 0 fully saturated rings. The summed E-state index contributed by atoms with van der Waals surface area (Å²) in [6.07, 6.45) is 1.91. The van der Waals surface area contributed by atoms with Crippen LogP contribution in [0, 0.1) is 0 Å². The molecule has 11 heteroatoms. The Morgan fingerprint density at radius 1 is 1.14 bits per heavy atom. The smallest absolute Gasteiger partial charge is 0.231 e. The molecule has 1 aliphatic heterocycles. The fourth-order valence-corrected chi connectivity index (χ4v) is 4.48. The van der Waals surface area contributed by atoms with E-state index in [4.69, 9.17) is 14.2 Å². The summed E-state index contributed by atoms with van der Waals surface area (Å²) < 4.78 is 19.7. The van der Waals surface area contributed by atoms with Gasteiger partial charge in [-0.25, -0.2) is 0 Å². The van der Waals surface area contributed by atoms with Gasteiger partial charge in [-0.1, -0.05) is 30.0 Å². The molecule has 180 valence electrons. The monoisotopic (exact) mass is 492 g/mol. The van der Waals surface area contributed by atoms with Gasteiger partial charge in [0.15, 0.2) is 22.5 Å². The van der Waals surface area contributed by atoms with Crippen molar-refractivity contribution in [1.82, 2.24) is 29.9 Å². The van der Waals surface area contributed by atoms with Gasteiger partial charge in [-0.2, -0.15) is 5.10 Å². The van der Waals surface area contributed by atoms with Crippen LogP contribution in [0.4, 0.5) is 0 Å². The second-order valence-corrected chi connectivity index (χ2v) is 8.86. The highest BCUT2D eigenvalue weighted by Gasteiger charge is 2.20. The van der Waals surface area contributed by atoms with Crippen molar-refractivity contribution in [2.45, 2.75) is 11.7 Å². The van der Waals surface area contributed by atoms with Crippen molar-refractivity contribution in [2.75, 3.05) is 19.7 Å². The van der Waals surface area contributed by atoms with Crippen molar-refractivity contribution >= 4 is 17.7 Å². The number of rotatable bonds is 8. The molecule has 2 aromatic heterocycles. The summed E-state index contributed by atoms with van der Waals surface area (Å²) >= 11 is 1.33. The number of aromatic nitrogens is 5. The first kappa shape index (κ1) is 22.8. The number of ether oxygens (including phenoxy) is 3. The summed E-state index contributed by atoms with van der Waals surface area (Å²) in [6, 6.07) is 13.3. The largest absolute Gasteiger partial charge is 0.497 e. The lowest BCUT2D eigenvalue weighted by atomic mass is 10.1. The highest BCUT2D eigenvalue weighted by atomic mass is 32.2. The van der Waals surface area contributed by atoms with E-state index in [1.54, 1.807) is 11.8 Å². The summed E-state index contributed by atoms with van der Waals surface area (Å²) in [5.74, 6) is 2.94. The molecule has 0 spiro atoms. The molecule has 35 heavy (non-hydrogen) atoms. The number of benzene rings is 2. The predicted molar refractivity (Wildman–Crippen MR) is 130 cm³/mol. The van der Waals surface area contributed by atoms with Crippen molar-refractivity contribution in [1.29, 1.82) is 0 Å². The standard InChI is InChI=1S/C24H24N6O4S/c1-29-12-18(22(28-29)16-5-4-6-17(10-16)32-3)23-26-27-24(30(23)2)35-13-21(31)25-11-15-7-8-19-20(9-15)34-14-33-19/h4-10,12H,11,13-14H2,1-3H3,(H,25,31). The highest BCUT2D eigenvalue weighted by molar-refractivity contribution is 7.99. The maximum Gasteiger partial charge on any atom is 0.231 e. The predicted octanol–water partition coefficient (Wildman–Crippen LogP) is 3.03. The van der Waals surface area contributed by atoms with Crippen LogP contribution in [0.25, 0.3) is 22.6 Å². The lowest BCUT2D eigenvalue weighted by molar-refractivity contribution is -0.118. The minimum Gasteiger partial charge on any atom is -0.497 e. The Hall–Kier alpha value is -3.99. The van der Waals surface area contributed by atoms with Gasteiger partial charge in [0.05, 0.1) is 18.4 Å². The average molecular weight is 493 g/mol. The molecule has 0 saturated carbocycles. The zero-order valence-electron chi connectivity index (χ0n) is 19.5. The Balaban J connectivity index is 1.25. The Morgan fingerprint density at radius 2 is 2.00 bits per heavy atom. The number of carbonyl (C=O) groups excluding carboxylic acids is 1. The lowest BCUT2D eigenvalue weighted by Gasteiger charge is -2.07. The van der Waals surface area contributed by atoms with Crippen LogP contribution in [0.15, 0.2) is 53.8 Å². The number of hydrogen-bond acceptors (Lipinski definition) is 8. The molecule has 0 saturated heterocycles. The van der Waals surface area contributed by atoms with Crippen LogP contribution in [0.5, 0.6) is 17.2 Å². The molecular weight excluding hydrogens is 468 g/mol. The van der Waals surface area contributed by atoms with Gasteiger partial charge in [0.2, 0.25) is 12.7 Å². The summed E-state index contributed by atoms with van der Waals surface area (Å²) in [5, 5.41) is 16.9. The Bertz CT molecular complexity index is 1380. The minimum atomic E-state index is -0.101. The van der Waals surface area contributed by atoms with Crippen LogP contribution in [-0.2, 0) is 25.4 Å². The molecule has 5 rings (SSSR count). The van der Waals surface area contributed by atoms with Gasteiger partial charge in [0.25, 0.3) is 0 Å². The molecule has 0 unspecified atom stereocenters. The molecule has 0 aliphatic carbocycles. The third-order valence-electron chi connectivity index (χ3n) is 5.51. The van der Waals surface area contributed by atoms with Crippen LogP contribution in [0.3, 0.4) is 0 Å². The SMILES string of the molecule is COc1cccc(-c2nn(C)cc2-c2nnc(SCC(=O)NCc3ccc4c(c3)OCO4)n2C)c1. The van der Waals surface area contributed by atoms with Gasteiger partial charge < -0.3 is 24.1 Å². The van der Waals surface area contributed by atoms with E-state index >= 15 is 0 Å². The molecule has 10 nitrogen and oxygen atoms in total. The molecule has 0 bridgehead atoms. The van der Waals surface area contributed by atoms with E-state index in [1.807, 2.05) is 67.3 Å². The number of aryl methyl sites for hydroxylation is 1. The number of fused-ring (bicyclic) bond motifs is 1. The normalized spacial score (nSPS) is 12.1. The van der Waals surface area contributed by atoms with E-state index in [-0.39, 0.29) is 18.5 Å². The summed E-state index contributed by atoms with van der Waals surface area (Å²) in [4.78, 5) is 12.4. The lowest BCUT2D eigenvalue weighted by Crippen LogP contribution is -2.24. The third kappa shape index (κ3) is 4.80. The number of methoxy groups -OCH3 is 1. The van der Waals surface area contributed by atoms with Crippen LogP contribution >= 0.6 is 11.8 Å². The molecule has 3 heterocycles. The summed E-state index contributed by atoms with van der Waals surface area (Å²) in [7, 11) is 5.38. The number of hydrogen-bond donors (Lipinski definition) is 1. The van der Waals surface area contributed by atoms with E-state index in [0.717, 1.165) is 33.9 Å². The van der Waals surface area contributed by atoms with Gasteiger partial charge in [-0.3, -0.25) is 9.48 Å². The fourth-order valence-electron chi connectivity index (χ4n) is 3.74. The van der Waals surface area contributed by atoms with Crippen molar-refractivity contribution in [3.8, 4) is 39.9 Å². The molecule has 0 atom stereocenters. The van der Waals surface area contributed by atoms with E-state index in [1.165, 1.54) is 11.8 Å². The van der Waals surface area contributed by atoms with Gasteiger partial charge in [-0.05, 0) is 29.8 Å².